The van der Waals surface area contributed by atoms with Crippen LogP contribution in [0.3, 0.4) is 0 Å². The first-order chi connectivity index (χ1) is 8.88. The summed E-state index contributed by atoms with van der Waals surface area (Å²) in [7, 11) is 0. The third-order valence-electron chi connectivity index (χ3n) is 3.74. The summed E-state index contributed by atoms with van der Waals surface area (Å²) < 4.78 is 0. The van der Waals surface area contributed by atoms with E-state index >= 15 is 0 Å². The average molecular weight is 235 g/mol. The van der Waals surface area contributed by atoms with Crippen LogP contribution in [0.15, 0.2) is 54.6 Å². The van der Waals surface area contributed by atoms with Crippen molar-refractivity contribution in [2.24, 2.45) is 5.92 Å². The second kappa shape index (κ2) is 4.97. The van der Waals surface area contributed by atoms with Crippen LogP contribution in [0.5, 0.6) is 0 Å². The van der Waals surface area contributed by atoms with Gasteiger partial charge < -0.3 is 0 Å². The lowest BCUT2D eigenvalue weighted by Crippen LogP contribution is -2.04. The lowest BCUT2D eigenvalue weighted by atomic mass is 9.87. The van der Waals surface area contributed by atoms with Crippen molar-refractivity contribution in [3.05, 3.63) is 77.2 Å². The topological polar surface area (TPSA) is 0 Å². The van der Waals surface area contributed by atoms with Crippen LogP contribution in [-0.4, -0.2) is 0 Å². The molecule has 0 heterocycles. The number of aryl methyl sites for hydroxylation is 1. The SMILES string of the molecule is CCc1ccc([C](c2ccccc2)C2CC2)cc1. The quantitative estimate of drug-likeness (QED) is 0.724. The number of rotatable bonds is 4. The van der Waals surface area contributed by atoms with E-state index in [0.29, 0.717) is 0 Å². The molecule has 0 aliphatic heterocycles. The molecule has 0 unspecified atom stereocenters. The van der Waals surface area contributed by atoms with Crippen molar-refractivity contribution in [3.8, 4) is 0 Å². The zero-order valence-electron chi connectivity index (χ0n) is 10.9. The minimum atomic E-state index is 0.778. The Morgan fingerprint density at radius 1 is 0.889 bits per heavy atom. The van der Waals surface area contributed by atoms with E-state index in [-0.39, 0.29) is 0 Å². The molecular weight excluding hydrogens is 216 g/mol. The molecular formula is C18H19. The highest BCUT2D eigenvalue weighted by Crippen LogP contribution is 2.45. The van der Waals surface area contributed by atoms with E-state index in [9.17, 15) is 0 Å². The molecule has 2 aromatic carbocycles. The molecule has 1 radical (unpaired) electrons. The summed E-state index contributed by atoms with van der Waals surface area (Å²) in [6, 6.07) is 20.0. The van der Waals surface area contributed by atoms with E-state index in [0.717, 1.165) is 12.3 Å². The van der Waals surface area contributed by atoms with Crippen molar-refractivity contribution < 1.29 is 0 Å². The Labute approximate surface area is 110 Å². The number of hydrogen-bond acceptors (Lipinski definition) is 0. The summed E-state index contributed by atoms with van der Waals surface area (Å²) in [5.74, 6) is 2.32. The molecule has 91 valence electrons. The van der Waals surface area contributed by atoms with Gasteiger partial charge in [0.2, 0.25) is 0 Å². The van der Waals surface area contributed by atoms with Gasteiger partial charge in [0, 0.05) is 5.92 Å². The van der Waals surface area contributed by atoms with Crippen molar-refractivity contribution in [2.45, 2.75) is 26.2 Å². The monoisotopic (exact) mass is 235 g/mol. The molecule has 0 aromatic heterocycles. The maximum atomic E-state index is 2.29. The second-order valence-electron chi connectivity index (χ2n) is 5.10. The first-order valence-electron chi connectivity index (χ1n) is 6.90. The van der Waals surface area contributed by atoms with Crippen LogP contribution in [0.4, 0.5) is 0 Å². The molecule has 0 heteroatoms. The van der Waals surface area contributed by atoms with Crippen LogP contribution < -0.4 is 0 Å². The molecule has 1 aliphatic carbocycles. The summed E-state index contributed by atoms with van der Waals surface area (Å²) in [6.07, 6.45) is 3.81. The van der Waals surface area contributed by atoms with Crippen molar-refractivity contribution in [1.29, 1.82) is 0 Å². The van der Waals surface area contributed by atoms with Gasteiger partial charge in [-0.3, -0.25) is 0 Å². The molecule has 1 aliphatic rings. The molecule has 0 bridgehead atoms. The Kier molecular flexibility index (Phi) is 3.19. The smallest absolute Gasteiger partial charge is 0.0370 e. The zero-order chi connectivity index (χ0) is 12.4. The second-order valence-corrected chi connectivity index (χ2v) is 5.10. The first kappa shape index (κ1) is 11.5. The highest BCUT2D eigenvalue weighted by Gasteiger charge is 2.33. The van der Waals surface area contributed by atoms with Gasteiger partial charge in [-0.1, -0.05) is 61.5 Å². The normalized spacial score (nSPS) is 15.0. The van der Waals surface area contributed by atoms with Gasteiger partial charge in [-0.2, -0.15) is 0 Å². The van der Waals surface area contributed by atoms with Crippen molar-refractivity contribution in [3.63, 3.8) is 0 Å². The first-order valence-corrected chi connectivity index (χ1v) is 6.90. The van der Waals surface area contributed by atoms with Crippen molar-refractivity contribution in [2.75, 3.05) is 0 Å². The number of hydrogen-bond donors (Lipinski definition) is 0. The molecule has 1 fully saturated rings. The van der Waals surface area contributed by atoms with Gasteiger partial charge in [0.15, 0.2) is 0 Å². The highest BCUT2D eigenvalue weighted by molar-refractivity contribution is 5.48. The molecule has 0 nitrogen and oxygen atoms in total. The van der Waals surface area contributed by atoms with E-state index in [1.165, 1.54) is 29.5 Å². The van der Waals surface area contributed by atoms with Gasteiger partial charge in [-0.25, -0.2) is 0 Å². The molecule has 0 N–H and O–H groups in total. The molecule has 3 rings (SSSR count). The maximum Gasteiger partial charge on any atom is 0.0370 e. The lowest BCUT2D eigenvalue weighted by molar-refractivity contribution is 0.905. The summed E-state index contributed by atoms with van der Waals surface area (Å²) in [5, 5.41) is 0. The third kappa shape index (κ3) is 2.33. The number of benzene rings is 2. The Morgan fingerprint density at radius 3 is 2.06 bits per heavy atom. The predicted molar refractivity (Wildman–Crippen MR) is 76.4 cm³/mol. The summed E-state index contributed by atoms with van der Waals surface area (Å²) in [5.41, 5.74) is 4.21. The van der Waals surface area contributed by atoms with Crippen LogP contribution in [0.2, 0.25) is 0 Å². The minimum Gasteiger partial charge on any atom is -0.0622 e. The maximum absolute atomic E-state index is 2.29. The highest BCUT2D eigenvalue weighted by atomic mass is 14.4. The fraction of sp³-hybridized carbons (Fsp3) is 0.278. The Hall–Kier alpha value is -1.56. The lowest BCUT2D eigenvalue weighted by Gasteiger charge is -2.17. The Bertz CT molecular complexity index is 491. The van der Waals surface area contributed by atoms with Crippen molar-refractivity contribution in [1.82, 2.24) is 0 Å². The zero-order valence-corrected chi connectivity index (χ0v) is 10.9. The fourth-order valence-corrected chi connectivity index (χ4v) is 2.55. The van der Waals surface area contributed by atoms with E-state index in [1.807, 2.05) is 0 Å². The fourth-order valence-electron chi connectivity index (χ4n) is 2.55. The molecule has 18 heavy (non-hydrogen) atoms. The van der Waals surface area contributed by atoms with Crippen LogP contribution in [0, 0.1) is 11.8 Å². The third-order valence-corrected chi connectivity index (χ3v) is 3.74. The molecule has 0 atom stereocenters. The van der Waals surface area contributed by atoms with Gasteiger partial charge in [-0.05, 0) is 41.9 Å². The Balaban J connectivity index is 1.94. The van der Waals surface area contributed by atoms with E-state index in [4.69, 9.17) is 0 Å². The predicted octanol–water partition coefficient (Wildman–Crippen LogP) is 4.63. The van der Waals surface area contributed by atoms with Crippen molar-refractivity contribution >= 4 is 0 Å². The van der Waals surface area contributed by atoms with E-state index < -0.39 is 0 Å². The molecule has 0 spiro atoms. The summed E-state index contributed by atoms with van der Waals surface area (Å²) in [6.45, 7) is 2.21. The Morgan fingerprint density at radius 2 is 1.50 bits per heavy atom. The summed E-state index contributed by atoms with van der Waals surface area (Å²) >= 11 is 0. The molecule has 0 saturated heterocycles. The largest absolute Gasteiger partial charge is 0.0622 e. The van der Waals surface area contributed by atoms with Gasteiger partial charge >= 0.3 is 0 Å². The standard InChI is InChI=1S/C18H19/c1-2-14-8-10-16(11-9-14)18(17-12-13-17)15-6-4-3-5-7-15/h3-11,17H,2,12-13H2,1H3. The summed E-state index contributed by atoms with van der Waals surface area (Å²) in [4.78, 5) is 0. The van der Waals surface area contributed by atoms with E-state index in [2.05, 4.69) is 61.5 Å². The van der Waals surface area contributed by atoms with Crippen LogP contribution >= 0.6 is 0 Å². The molecule has 0 amide bonds. The molecule has 1 saturated carbocycles. The van der Waals surface area contributed by atoms with E-state index in [1.54, 1.807) is 5.92 Å². The van der Waals surface area contributed by atoms with Gasteiger partial charge in [0.25, 0.3) is 0 Å². The van der Waals surface area contributed by atoms with Gasteiger partial charge in [0.05, 0.1) is 0 Å². The van der Waals surface area contributed by atoms with Crippen LogP contribution in [0.1, 0.15) is 36.5 Å². The van der Waals surface area contributed by atoms with Crippen LogP contribution in [-0.2, 0) is 6.42 Å². The van der Waals surface area contributed by atoms with Crippen LogP contribution in [0.25, 0.3) is 0 Å². The van der Waals surface area contributed by atoms with Gasteiger partial charge in [0.1, 0.15) is 0 Å². The van der Waals surface area contributed by atoms with Gasteiger partial charge in [-0.15, -0.1) is 0 Å². The minimum absolute atomic E-state index is 0.778. The average Bonchev–Trinajstić information content (AvgIpc) is 3.26. The molecule has 2 aromatic rings.